The molecule has 6 heteroatoms. The van der Waals surface area contributed by atoms with Crippen molar-refractivity contribution in [3.63, 3.8) is 0 Å². The van der Waals surface area contributed by atoms with Crippen molar-refractivity contribution in [1.29, 1.82) is 0 Å². The molecule has 2 aliphatic rings. The van der Waals surface area contributed by atoms with E-state index in [9.17, 15) is 9.59 Å². The summed E-state index contributed by atoms with van der Waals surface area (Å²) in [5, 5.41) is 3.50. The molecule has 1 amide bonds. The molecule has 1 aromatic heterocycles. The van der Waals surface area contributed by atoms with Crippen molar-refractivity contribution in [2.75, 3.05) is 17.3 Å². The Bertz CT molecular complexity index is 1200. The molecule has 168 valence electrons. The first-order valence-corrected chi connectivity index (χ1v) is 11.2. The van der Waals surface area contributed by atoms with E-state index in [2.05, 4.69) is 11.4 Å². The smallest absolute Gasteiger partial charge is 0.227 e. The van der Waals surface area contributed by atoms with Gasteiger partial charge in [0.05, 0.1) is 36.7 Å². The molecule has 5 rings (SSSR count). The Kier molecular flexibility index (Phi) is 5.50. The zero-order valence-electron chi connectivity index (χ0n) is 18.7. The van der Waals surface area contributed by atoms with Crippen LogP contribution in [0.4, 0.5) is 11.4 Å². The minimum absolute atomic E-state index is 0.0349. The third-order valence-corrected chi connectivity index (χ3v) is 6.46. The van der Waals surface area contributed by atoms with Gasteiger partial charge in [-0.3, -0.25) is 9.59 Å². The molecule has 0 spiro atoms. The summed E-state index contributed by atoms with van der Waals surface area (Å²) in [4.78, 5) is 28.9. The van der Waals surface area contributed by atoms with Gasteiger partial charge >= 0.3 is 0 Å². The van der Waals surface area contributed by atoms with Crippen LogP contribution in [-0.2, 0) is 9.59 Å². The maximum atomic E-state index is 13.7. The highest BCUT2D eigenvalue weighted by Gasteiger charge is 2.45. The molecule has 2 heterocycles. The summed E-state index contributed by atoms with van der Waals surface area (Å²) in [6, 6.07) is 18.6. The Morgan fingerprint density at radius 1 is 1.12 bits per heavy atom. The number of nitrogens with zero attached hydrogens (tertiary/aromatic N) is 1. The third-order valence-electron chi connectivity index (χ3n) is 6.46. The predicted octanol–water partition coefficient (Wildman–Crippen LogP) is 5.45. The fourth-order valence-corrected chi connectivity index (χ4v) is 4.89. The van der Waals surface area contributed by atoms with Crippen molar-refractivity contribution in [3.05, 3.63) is 90.0 Å². The van der Waals surface area contributed by atoms with Crippen molar-refractivity contribution in [3.8, 4) is 5.75 Å². The van der Waals surface area contributed by atoms with E-state index in [-0.39, 0.29) is 17.6 Å². The van der Waals surface area contributed by atoms with E-state index >= 15 is 0 Å². The SMILES string of the molecule is CCC(=O)N1c2ccccc2NC2=CC(c3ccco3)CC(=O)C2C1c1ccc(OC)cc1. The minimum Gasteiger partial charge on any atom is -0.497 e. The van der Waals surface area contributed by atoms with Gasteiger partial charge < -0.3 is 19.4 Å². The van der Waals surface area contributed by atoms with Crippen molar-refractivity contribution in [1.82, 2.24) is 0 Å². The first-order chi connectivity index (χ1) is 16.1. The number of furan rings is 1. The molecule has 2 aromatic carbocycles. The van der Waals surface area contributed by atoms with Crippen molar-refractivity contribution in [2.24, 2.45) is 5.92 Å². The fraction of sp³-hybridized carbons (Fsp3) is 0.259. The largest absolute Gasteiger partial charge is 0.497 e. The van der Waals surface area contributed by atoms with Gasteiger partial charge in [-0.05, 0) is 42.0 Å². The van der Waals surface area contributed by atoms with Crippen LogP contribution in [0.1, 0.15) is 43.0 Å². The summed E-state index contributed by atoms with van der Waals surface area (Å²) in [5.41, 5.74) is 3.26. The number of Topliss-reactive ketones (excluding diaryl/α,β-unsaturated/α-hetero) is 1. The van der Waals surface area contributed by atoms with Crippen LogP contribution in [0.15, 0.2) is 83.1 Å². The molecule has 0 bridgehead atoms. The van der Waals surface area contributed by atoms with E-state index in [1.165, 1.54) is 0 Å². The van der Waals surface area contributed by atoms with Gasteiger partial charge in [0, 0.05) is 24.5 Å². The first kappa shape index (κ1) is 21.1. The molecule has 6 nitrogen and oxygen atoms in total. The van der Waals surface area contributed by atoms with Gasteiger partial charge in [0.25, 0.3) is 0 Å². The molecule has 0 fully saturated rings. The highest BCUT2D eigenvalue weighted by Crippen LogP contribution is 2.48. The van der Waals surface area contributed by atoms with Crippen LogP contribution in [0.2, 0.25) is 0 Å². The van der Waals surface area contributed by atoms with Crippen molar-refractivity contribution >= 4 is 23.1 Å². The predicted molar refractivity (Wildman–Crippen MR) is 126 cm³/mol. The number of hydrogen-bond acceptors (Lipinski definition) is 5. The van der Waals surface area contributed by atoms with Gasteiger partial charge in [0.1, 0.15) is 17.3 Å². The second kappa shape index (κ2) is 8.62. The number of carbonyl (C=O) groups is 2. The third kappa shape index (κ3) is 3.71. The zero-order valence-corrected chi connectivity index (χ0v) is 18.7. The number of allylic oxidation sites excluding steroid dienone is 1. The lowest BCUT2D eigenvalue weighted by Gasteiger charge is -2.37. The quantitative estimate of drug-likeness (QED) is 0.581. The number of methoxy groups -OCH3 is 1. The second-order valence-electron chi connectivity index (χ2n) is 8.37. The summed E-state index contributed by atoms with van der Waals surface area (Å²) in [6.07, 6.45) is 4.36. The van der Waals surface area contributed by atoms with Crippen LogP contribution in [0, 0.1) is 5.92 Å². The Balaban J connectivity index is 1.71. The Hall–Kier alpha value is -3.80. The molecular weight excluding hydrogens is 416 g/mol. The van der Waals surface area contributed by atoms with Crippen LogP contribution in [0.25, 0.3) is 0 Å². The molecule has 0 saturated carbocycles. The van der Waals surface area contributed by atoms with Gasteiger partial charge in [-0.1, -0.05) is 37.3 Å². The van der Waals surface area contributed by atoms with Crippen LogP contribution >= 0.6 is 0 Å². The van der Waals surface area contributed by atoms with Gasteiger partial charge in [-0.15, -0.1) is 0 Å². The van der Waals surface area contributed by atoms with Crippen LogP contribution < -0.4 is 15.0 Å². The van der Waals surface area contributed by atoms with Gasteiger partial charge in [-0.25, -0.2) is 0 Å². The number of anilines is 2. The number of fused-ring (bicyclic) bond motifs is 2. The molecule has 3 atom stereocenters. The van der Waals surface area contributed by atoms with E-state index in [0.717, 1.165) is 34.1 Å². The lowest BCUT2D eigenvalue weighted by molar-refractivity contribution is -0.123. The summed E-state index contributed by atoms with van der Waals surface area (Å²) < 4.78 is 10.9. The van der Waals surface area contributed by atoms with Crippen LogP contribution in [0.5, 0.6) is 5.75 Å². The van der Waals surface area contributed by atoms with Crippen molar-refractivity contribution in [2.45, 2.75) is 31.7 Å². The maximum Gasteiger partial charge on any atom is 0.227 e. The molecule has 1 N–H and O–H groups in total. The minimum atomic E-state index is -0.521. The monoisotopic (exact) mass is 442 g/mol. The molecule has 0 radical (unpaired) electrons. The molecule has 3 unspecified atom stereocenters. The van der Waals surface area contributed by atoms with Gasteiger partial charge in [-0.2, -0.15) is 0 Å². The lowest BCUT2D eigenvalue weighted by atomic mass is 9.77. The van der Waals surface area contributed by atoms with E-state index in [0.29, 0.717) is 12.8 Å². The van der Waals surface area contributed by atoms with Crippen molar-refractivity contribution < 1.29 is 18.7 Å². The van der Waals surface area contributed by atoms with E-state index in [1.54, 1.807) is 18.3 Å². The Morgan fingerprint density at radius 2 is 1.91 bits per heavy atom. The van der Waals surface area contributed by atoms with Gasteiger partial charge in [0.15, 0.2) is 0 Å². The normalized spacial score (nSPS) is 21.9. The molecular formula is C27H26N2O4. The number of ketones is 1. The number of amides is 1. The summed E-state index contributed by atoms with van der Waals surface area (Å²) in [5.74, 6) is 0.853. The van der Waals surface area contributed by atoms with Crippen LogP contribution in [-0.4, -0.2) is 18.8 Å². The standard InChI is InChI=1S/C27H26N2O4/c1-3-25(31)29-22-8-5-4-7-20(22)28-21-15-18(24-9-6-14-33-24)16-23(30)26(21)27(29)17-10-12-19(32-2)13-11-17/h4-15,18,26-28H,3,16H2,1-2H3. The fourth-order valence-electron chi connectivity index (χ4n) is 4.89. The summed E-state index contributed by atoms with van der Waals surface area (Å²) >= 11 is 0. The maximum absolute atomic E-state index is 13.7. The number of para-hydroxylation sites is 2. The molecule has 33 heavy (non-hydrogen) atoms. The number of carbonyl (C=O) groups excluding carboxylic acids is 2. The zero-order chi connectivity index (χ0) is 22.9. The average Bonchev–Trinajstić information content (AvgIpc) is 3.34. The summed E-state index contributed by atoms with van der Waals surface area (Å²) in [7, 11) is 1.62. The van der Waals surface area contributed by atoms with E-state index < -0.39 is 12.0 Å². The first-order valence-electron chi connectivity index (χ1n) is 11.2. The number of nitrogens with one attached hydrogen (secondary N) is 1. The Morgan fingerprint density at radius 3 is 2.61 bits per heavy atom. The van der Waals surface area contributed by atoms with E-state index in [1.807, 2.05) is 67.6 Å². The lowest BCUT2D eigenvalue weighted by Crippen LogP contribution is -2.42. The molecule has 0 saturated heterocycles. The molecule has 3 aromatic rings. The highest BCUT2D eigenvalue weighted by molar-refractivity contribution is 6.01. The van der Waals surface area contributed by atoms with Gasteiger partial charge in [0.2, 0.25) is 5.91 Å². The number of hydrogen-bond donors (Lipinski definition) is 1. The van der Waals surface area contributed by atoms with Crippen LogP contribution in [0.3, 0.4) is 0 Å². The number of ether oxygens (including phenoxy) is 1. The van der Waals surface area contributed by atoms with E-state index in [4.69, 9.17) is 9.15 Å². The molecule has 1 aliphatic carbocycles. The highest BCUT2D eigenvalue weighted by atomic mass is 16.5. The Labute approximate surface area is 192 Å². The molecule has 1 aliphatic heterocycles. The average molecular weight is 443 g/mol. The second-order valence-corrected chi connectivity index (χ2v) is 8.37. The summed E-state index contributed by atoms with van der Waals surface area (Å²) in [6.45, 7) is 1.85. The number of rotatable bonds is 4. The topological polar surface area (TPSA) is 71.8 Å². The number of benzene rings is 2.